The van der Waals surface area contributed by atoms with Crippen LogP contribution in [0.25, 0.3) is 11.1 Å². The van der Waals surface area contributed by atoms with Gasteiger partial charge >= 0.3 is 12.1 Å². The molecule has 3 aromatic rings. The lowest BCUT2D eigenvalue weighted by molar-refractivity contribution is -0.139. The van der Waals surface area contributed by atoms with Crippen LogP contribution in [0.4, 0.5) is 4.79 Å². The van der Waals surface area contributed by atoms with Crippen molar-refractivity contribution in [3.05, 3.63) is 87.9 Å². The van der Waals surface area contributed by atoms with Crippen LogP contribution in [0.1, 0.15) is 29.2 Å². The Hall–Kier alpha value is -3.51. The van der Waals surface area contributed by atoms with Crippen molar-refractivity contribution in [2.24, 2.45) is 0 Å². The van der Waals surface area contributed by atoms with Gasteiger partial charge in [0, 0.05) is 23.7 Å². The molecular formula is C28H30ClNO5. The van der Waals surface area contributed by atoms with Crippen molar-refractivity contribution in [2.45, 2.75) is 33.4 Å². The van der Waals surface area contributed by atoms with Crippen molar-refractivity contribution in [1.29, 1.82) is 0 Å². The zero-order chi connectivity index (χ0) is 25.4. The second kappa shape index (κ2) is 12.3. The van der Waals surface area contributed by atoms with Crippen LogP contribution in [-0.4, -0.2) is 37.7 Å². The monoisotopic (exact) mass is 495 g/mol. The molecule has 0 radical (unpaired) electrons. The second-order valence-corrected chi connectivity index (χ2v) is 8.58. The van der Waals surface area contributed by atoms with Gasteiger partial charge in [0.25, 0.3) is 0 Å². The minimum atomic E-state index is -0.411. The fraction of sp³-hybridized carbons (Fsp3) is 0.286. The molecule has 0 saturated heterocycles. The van der Waals surface area contributed by atoms with Gasteiger partial charge in [0.15, 0.2) is 0 Å². The molecule has 0 aliphatic rings. The molecule has 0 aliphatic carbocycles. The van der Waals surface area contributed by atoms with Gasteiger partial charge in [-0.3, -0.25) is 4.79 Å². The maximum absolute atomic E-state index is 12.9. The van der Waals surface area contributed by atoms with Crippen LogP contribution in [0, 0.1) is 6.92 Å². The number of ether oxygens (including phenoxy) is 3. The molecular weight excluding hydrogens is 466 g/mol. The number of carbonyl (C=O) groups is 2. The Kier molecular flexibility index (Phi) is 9.15. The predicted molar refractivity (Wildman–Crippen MR) is 137 cm³/mol. The number of hydrogen-bond acceptors (Lipinski definition) is 5. The summed E-state index contributed by atoms with van der Waals surface area (Å²) in [5, 5.41) is 0.596. The first-order chi connectivity index (χ1) is 16.8. The molecule has 0 fully saturated rings. The third-order valence-corrected chi connectivity index (χ3v) is 5.88. The molecule has 0 atom stereocenters. The number of benzene rings is 3. The molecule has 3 aromatic carbocycles. The van der Waals surface area contributed by atoms with Gasteiger partial charge in [0.05, 0.1) is 20.6 Å². The SMILES string of the molecule is CCN(Cc1cc(C)ccc1-c1cc(CC(=O)OC)ccc1OC)C(=O)OCc1cccc(Cl)c1. The first-order valence-electron chi connectivity index (χ1n) is 11.3. The van der Waals surface area contributed by atoms with E-state index in [1.54, 1.807) is 24.1 Å². The van der Waals surface area contributed by atoms with Crippen molar-refractivity contribution in [1.82, 2.24) is 4.90 Å². The van der Waals surface area contributed by atoms with Gasteiger partial charge in [-0.15, -0.1) is 0 Å². The van der Waals surface area contributed by atoms with Gasteiger partial charge in [0.2, 0.25) is 0 Å². The minimum Gasteiger partial charge on any atom is -0.496 e. The summed E-state index contributed by atoms with van der Waals surface area (Å²) >= 11 is 6.03. The van der Waals surface area contributed by atoms with Crippen LogP contribution in [-0.2, 0) is 33.8 Å². The maximum Gasteiger partial charge on any atom is 0.410 e. The highest BCUT2D eigenvalue weighted by molar-refractivity contribution is 6.30. The van der Waals surface area contributed by atoms with Crippen LogP contribution in [0.5, 0.6) is 5.75 Å². The predicted octanol–water partition coefficient (Wildman–Crippen LogP) is 6.20. The average Bonchev–Trinajstić information content (AvgIpc) is 2.85. The molecule has 0 unspecified atom stereocenters. The van der Waals surface area contributed by atoms with Gasteiger partial charge in [0.1, 0.15) is 12.4 Å². The quantitative estimate of drug-likeness (QED) is 0.331. The molecule has 1 amide bonds. The smallest absolute Gasteiger partial charge is 0.410 e. The standard InChI is InChI=1S/C28H30ClNO5/c1-5-30(28(32)35-18-21-7-6-8-23(29)14-21)17-22-13-19(2)9-11-24(22)25-15-20(16-27(31)34-4)10-12-26(25)33-3/h6-15H,5,16-18H2,1-4H3. The zero-order valence-electron chi connectivity index (χ0n) is 20.5. The largest absolute Gasteiger partial charge is 0.496 e. The third kappa shape index (κ3) is 6.99. The van der Waals surface area contributed by atoms with Crippen LogP contribution < -0.4 is 4.74 Å². The first kappa shape index (κ1) is 26.1. The van der Waals surface area contributed by atoms with E-state index in [1.165, 1.54) is 7.11 Å². The Labute approximate surface area is 211 Å². The number of halogens is 1. The molecule has 0 spiro atoms. The van der Waals surface area contributed by atoms with Crippen LogP contribution in [0.3, 0.4) is 0 Å². The highest BCUT2D eigenvalue weighted by atomic mass is 35.5. The summed E-state index contributed by atoms with van der Waals surface area (Å²) in [6, 6.07) is 18.9. The van der Waals surface area contributed by atoms with Crippen molar-refractivity contribution >= 4 is 23.7 Å². The summed E-state index contributed by atoms with van der Waals surface area (Å²) in [6.07, 6.45) is -0.252. The minimum absolute atomic E-state index is 0.139. The Bertz CT molecular complexity index is 1190. The van der Waals surface area contributed by atoms with Gasteiger partial charge in [-0.25, -0.2) is 4.79 Å². The molecule has 0 heterocycles. The summed E-state index contributed by atoms with van der Waals surface area (Å²) in [6.45, 7) is 4.88. The van der Waals surface area contributed by atoms with E-state index in [0.29, 0.717) is 23.9 Å². The number of rotatable bonds is 9. The number of esters is 1. The Morgan fingerprint density at radius 1 is 0.943 bits per heavy atom. The van der Waals surface area contributed by atoms with E-state index in [1.807, 2.05) is 56.3 Å². The molecule has 7 heteroatoms. The van der Waals surface area contributed by atoms with Gasteiger partial charge in [-0.2, -0.15) is 0 Å². The van der Waals surface area contributed by atoms with Gasteiger partial charge in [-0.1, -0.05) is 53.6 Å². The average molecular weight is 496 g/mol. The zero-order valence-corrected chi connectivity index (χ0v) is 21.2. The lowest BCUT2D eigenvalue weighted by Gasteiger charge is -2.23. The van der Waals surface area contributed by atoms with Gasteiger partial charge in [-0.05, 0) is 60.4 Å². The molecule has 0 N–H and O–H groups in total. The molecule has 0 aliphatic heterocycles. The summed E-state index contributed by atoms with van der Waals surface area (Å²) in [7, 11) is 2.98. The van der Waals surface area contributed by atoms with Crippen LogP contribution in [0.15, 0.2) is 60.7 Å². The lowest BCUT2D eigenvalue weighted by Crippen LogP contribution is -2.31. The third-order valence-electron chi connectivity index (χ3n) is 5.64. The lowest BCUT2D eigenvalue weighted by atomic mass is 9.94. The molecule has 0 aromatic heterocycles. The molecule has 35 heavy (non-hydrogen) atoms. The molecule has 184 valence electrons. The number of amides is 1. The van der Waals surface area contributed by atoms with Gasteiger partial charge < -0.3 is 19.1 Å². The number of carbonyl (C=O) groups excluding carboxylic acids is 2. The number of methoxy groups -OCH3 is 2. The highest BCUT2D eigenvalue weighted by Crippen LogP contribution is 2.35. The van der Waals surface area contributed by atoms with E-state index in [-0.39, 0.29) is 19.0 Å². The van der Waals surface area contributed by atoms with Crippen molar-refractivity contribution < 1.29 is 23.8 Å². The molecule has 0 bridgehead atoms. The second-order valence-electron chi connectivity index (χ2n) is 8.15. The maximum atomic E-state index is 12.9. The summed E-state index contributed by atoms with van der Waals surface area (Å²) < 4.78 is 16.0. The van der Waals surface area contributed by atoms with E-state index in [4.69, 9.17) is 25.8 Å². The van der Waals surface area contributed by atoms with E-state index in [9.17, 15) is 9.59 Å². The fourth-order valence-corrected chi connectivity index (χ4v) is 4.02. The Morgan fingerprint density at radius 2 is 1.74 bits per heavy atom. The van der Waals surface area contributed by atoms with E-state index >= 15 is 0 Å². The molecule has 3 rings (SSSR count). The van der Waals surface area contributed by atoms with Crippen molar-refractivity contribution in [2.75, 3.05) is 20.8 Å². The van der Waals surface area contributed by atoms with E-state index in [0.717, 1.165) is 33.4 Å². The summed E-state index contributed by atoms with van der Waals surface area (Å²) in [4.78, 5) is 26.4. The Morgan fingerprint density at radius 3 is 2.43 bits per heavy atom. The number of aryl methyl sites for hydroxylation is 1. The highest BCUT2D eigenvalue weighted by Gasteiger charge is 2.19. The normalized spacial score (nSPS) is 10.5. The van der Waals surface area contributed by atoms with Crippen molar-refractivity contribution in [3.63, 3.8) is 0 Å². The first-order valence-corrected chi connectivity index (χ1v) is 11.7. The van der Waals surface area contributed by atoms with Crippen LogP contribution in [0.2, 0.25) is 5.02 Å². The topological polar surface area (TPSA) is 65.1 Å². The van der Waals surface area contributed by atoms with Crippen LogP contribution >= 0.6 is 11.6 Å². The summed E-state index contributed by atoms with van der Waals surface area (Å²) in [5.74, 6) is 0.361. The summed E-state index contributed by atoms with van der Waals surface area (Å²) in [5.41, 5.74) is 5.40. The number of nitrogens with zero attached hydrogens (tertiary/aromatic N) is 1. The Balaban J connectivity index is 1.88. The fourth-order valence-electron chi connectivity index (χ4n) is 3.80. The molecule has 6 nitrogen and oxygen atoms in total. The number of hydrogen-bond donors (Lipinski definition) is 0. The van der Waals surface area contributed by atoms with E-state index in [2.05, 4.69) is 6.07 Å². The van der Waals surface area contributed by atoms with Crippen molar-refractivity contribution in [3.8, 4) is 16.9 Å². The molecule has 0 saturated carbocycles. The van der Waals surface area contributed by atoms with E-state index < -0.39 is 6.09 Å².